The normalized spacial score (nSPS) is 9.92. The number of rotatable bonds is 3. The molecule has 0 unspecified atom stereocenters. The molecular formula is C9H9F2O. The second-order valence-corrected chi connectivity index (χ2v) is 2.28. The summed E-state index contributed by atoms with van der Waals surface area (Å²) in [5.74, 6) is -1.42. The third kappa shape index (κ3) is 2.19. The van der Waals surface area contributed by atoms with Crippen molar-refractivity contribution in [2.75, 3.05) is 6.61 Å². The lowest BCUT2D eigenvalue weighted by Gasteiger charge is -2.03. The molecule has 0 aliphatic carbocycles. The van der Waals surface area contributed by atoms with E-state index in [0.29, 0.717) is 18.8 Å². The Kier molecular flexibility index (Phi) is 3.02. The molecule has 65 valence electrons. The van der Waals surface area contributed by atoms with E-state index in [2.05, 4.69) is 6.92 Å². The molecule has 0 saturated heterocycles. The lowest BCUT2D eigenvalue weighted by molar-refractivity contribution is 0.321. The number of halogens is 2. The first-order valence-corrected chi connectivity index (χ1v) is 3.61. The van der Waals surface area contributed by atoms with Gasteiger partial charge in [0.1, 0.15) is 5.75 Å². The van der Waals surface area contributed by atoms with Gasteiger partial charge in [-0.25, -0.2) is 8.78 Å². The van der Waals surface area contributed by atoms with E-state index in [-0.39, 0.29) is 0 Å². The number of hydrogen-bond acceptors (Lipinski definition) is 1. The average Bonchev–Trinajstić information content (AvgIpc) is 2.07. The molecule has 0 saturated carbocycles. The Morgan fingerprint density at radius 3 is 2.58 bits per heavy atom. The second-order valence-electron chi connectivity index (χ2n) is 2.28. The van der Waals surface area contributed by atoms with Gasteiger partial charge in [0.05, 0.1) is 6.61 Å². The fraction of sp³-hybridized carbons (Fsp3) is 0.222. The molecule has 0 spiro atoms. The Balaban J connectivity index is 2.69. The maximum Gasteiger partial charge on any atom is 0.162 e. The molecule has 0 N–H and O–H groups in total. The standard InChI is InChI=1S/C9H9F2O/c1-2-5-12-7-3-4-8(10)9(11)6-7/h3-4,6H,1-2,5H2. The molecule has 1 aromatic carbocycles. The van der Waals surface area contributed by atoms with Gasteiger partial charge >= 0.3 is 0 Å². The van der Waals surface area contributed by atoms with Crippen LogP contribution in [-0.2, 0) is 0 Å². The van der Waals surface area contributed by atoms with Gasteiger partial charge in [0, 0.05) is 6.07 Å². The van der Waals surface area contributed by atoms with Gasteiger partial charge in [0.25, 0.3) is 0 Å². The third-order valence-corrected chi connectivity index (χ3v) is 1.30. The van der Waals surface area contributed by atoms with Gasteiger partial charge in [-0.1, -0.05) is 0 Å². The fourth-order valence-electron chi connectivity index (χ4n) is 0.757. The highest BCUT2D eigenvalue weighted by Gasteiger charge is 2.01. The summed E-state index contributed by atoms with van der Waals surface area (Å²) in [5.41, 5.74) is 0. The van der Waals surface area contributed by atoms with Crippen molar-refractivity contribution in [1.82, 2.24) is 0 Å². The zero-order chi connectivity index (χ0) is 8.97. The zero-order valence-corrected chi connectivity index (χ0v) is 6.52. The molecule has 0 aliphatic heterocycles. The van der Waals surface area contributed by atoms with E-state index in [1.807, 2.05) is 0 Å². The van der Waals surface area contributed by atoms with Crippen LogP contribution >= 0.6 is 0 Å². The number of hydrogen-bond donors (Lipinski definition) is 0. The highest BCUT2D eigenvalue weighted by atomic mass is 19.2. The monoisotopic (exact) mass is 171 g/mol. The van der Waals surface area contributed by atoms with Crippen molar-refractivity contribution in [2.45, 2.75) is 6.42 Å². The minimum absolute atomic E-state index is 0.331. The maximum absolute atomic E-state index is 12.5. The molecule has 1 nitrogen and oxygen atoms in total. The summed E-state index contributed by atoms with van der Waals surface area (Å²) < 4.78 is 29.9. The van der Waals surface area contributed by atoms with Gasteiger partial charge < -0.3 is 4.74 Å². The predicted molar refractivity (Wildman–Crippen MR) is 41.8 cm³/mol. The molecule has 0 heterocycles. The molecule has 0 fully saturated rings. The average molecular weight is 171 g/mol. The largest absolute Gasteiger partial charge is 0.493 e. The van der Waals surface area contributed by atoms with Crippen LogP contribution in [0.25, 0.3) is 0 Å². The molecule has 0 bridgehead atoms. The number of benzene rings is 1. The fourth-order valence-corrected chi connectivity index (χ4v) is 0.757. The highest BCUT2D eigenvalue weighted by Crippen LogP contribution is 2.15. The second kappa shape index (κ2) is 4.04. The van der Waals surface area contributed by atoms with Crippen LogP contribution in [0.5, 0.6) is 5.75 Å². The predicted octanol–water partition coefficient (Wildman–Crippen LogP) is 2.57. The van der Waals surface area contributed by atoms with E-state index in [0.717, 1.165) is 12.1 Å². The topological polar surface area (TPSA) is 9.23 Å². The minimum atomic E-state index is -0.892. The Bertz CT molecular complexity index is 261. The van der Waals surface area contributed by atoms with E-state index in [1.54, 1.807) is 0 Å². The molecular weight excluding hydrogens is 162 g/mol. The van der Waals surface area contributed by atoms with Gasteiger partial charge in [-0.05, 0) is 25.5 Å². The maximum atomic E-state index is 12.5. The summed E-state index contributed by atoms with van der Waals surface area (Å²) in [4.78, 5) is 0. The molecule has 12 heavy (non-hydrogen) atoms. The van der Waals surface area contributed by atoms with Crippen LogP contribution in [0.2, 0.25) is 0 Å². The van der Waals surface area contributed by atoms with Gasteiger partial charge in [-0.2, -0.15) is 0 Å². The van der Waals surface area contributed by atoms with Gasteiger partial charge in [-0.15, -0.1) is 0 Å². The van der Waals surface area contributed by atoms with Crippen LogP contribution in [-0.4, -0.2) is 6.61 Å². The molecule has 0 aromatic heterocycles. The summed E-state index contributed by atoms with van der Waals surface area (Å²) >= 11 is 0. The minimum Gasteiger partial charge on any atom is -0.493 e. The SMILES string of the molecule is [CH2]CCOc1ccc(F)c(F)c1. The van der Waals surface area contributed by atoms with Crippen molar-refractivity contribution >= 4 is 0 Å². The quantitative estimate of drug-likeness (QED) is 0.679. The Labute approximate surface area is 70.0 Å². The molecule has 0 atom stereocenters. The highest BCUT2D eigenvalue weighted by molar-refractivity contribution is 5.23. The van der Waals surface area contributed by atoms with Gasteiger partial charge in [0.15, 0.2) is 11.6 Å². The van der Waals surface area contributed by atoms with Crippen LogP contribution < -0.4 is 4.74 Å². The molecule has 1 aromatic rings. The van der Waals surface area contributed by atoms with Crippen molar-refractivity contribution in [3.05, 3.63) is 36.8 Å². The summed E-state index contributed by atoms with van der Waals surface area (Å²) in [6, 6.07) is 3.44. The third-order valence-electron chi connectivity index (χ3n) is 1.30. The molecule has 0 amide bonds. The van der Waals surface area contributed by atoms with Crippen LogP contribution in [0.15, 0.2) is 18.2 Å². The van der Waals surface area contributed by atoms with Crippen LogP contribution in [0.3, 0.4) is 0 Å². The molecule has 3 heteroatoms. The van der Waals surface area contributed by atoms with Crippen molar-refractivity contribution in [3.63, 3.8) is 0 Å². The van der Waals surface area contributed by atoms with Crippen molar-refractivity contribution < 1.29 is 13.5 Å². The van der Waals surface area contributed by atoms with Crippen molar-refractivity contribution in [3.8, 4) is 5.75 Å². The van der Waals surface area contributed by atoms with E-state index in [4.69, 9.17) is 4.74 Å². The molecule has 1 radical (unpaired) electrons. The smallest absolute Gasteiger partial charge is 0.162 e. The summed E-state index contributed by atoms with van der Waals surface area (Å²) in [6.07, 6.45) is 0.596. The lowest BCUT2D eigenvalue weighted by Crippen LogP contribution is -1.96. The Morgan fingerprint density at radius 2 is 2.00 bits per heavy atom. The lowest BCUT2D eigenvalue weighted by atomic mass is 10.3. The Hall–Kier alpha value is -1.12. The van der Waals surface area contributed by atoms with Gasteiger partial charge in [0.2, 0.25) is 0 Å². The van der Waals surface area contributed by atoms with Crippen LogP contribution in [0.4, 0.5) is 8.78 Å². The van der Waals surface area contributed by atoms with Crippen molar-refractivity contribution in [1.29, 1.82) is 0 Å². The zero-order valence-electron chi connectivity index (χ0n) is 6.52. The van der Waals surface area contributed by atoms with Gasteiger partial charge in [-0.3, -0.25) is 0 Å². The van der Waals surface area contributed by atoms with Crippen LogP contribution in [0, 0.1) is 18.6 Å². The van der Waals surface area contributed by atoms with E-state index >= 15 is 0 Å². The summed E-state index contributed by atoms with van der Waals surface area (Å²) in [7, 11) is 0. The van der Waals surface area contributed by atoms with Crippen LogP contribution in [0.1, 0.15) is 6.42 Å². The van der Waals surface area contributed by atoms with Crippen molar-refractivity contribution in [2.24, 2.45) is 0 Å². The first kappa shape index (κ1) is 8.97. The molecule has 1 rings (SSSR count). The summed E-state index contributed by atoms with van der Waals surface area (Å²) in [5, 5.41) is 0. The first-order chi connectivity index (χ1) is 5.74. The van der Waals surface area contributed by atoms with E-state index in [1.165, 1.54) is 6.07 Å². The van der Waals surface area contributed by atoms with E-state index in [9.17, 15) is 8.78 Å². The van der Waals surface area contributed by atoms with E-state index < -0.39 is 11.6 Å². The first-order valence-electron chi connectivity index (χ1n) is 3.61. The Morgan fingerprint density at radius 1 is 1.25 bits per heavy atom. The molecule has 0 aliphatic rings. The number of ether oxygens (including phenoxy) is 1. The summed E-state index contributed by atoms with van der Waals surface area (Å²) in [6.45, 7) is 3.96.